The van der Waals surface area contributed by atoms with Crippen molar-refractivity contribution in [3.63, 3.8) is 0 Å². The molecule has 3 aromatic heterocycles. The normalized spacial score (nSPS) is 10.7. The molecule has 0 aliphatic carbocycles. The minimum atomic E-state index is -0.254. The summed E-state index contributed by atoms with van der Waals surface area (Å²) in [5.41, 5.74) is 6.25. The van der Waals surface area contributed by atoms with Crippen molar-refractivity contribution in [1.82, 2.24) is 15.0 Å². The summed E-state index contributed by atoms with van der Waals surface area (Å²) in [6.45, 7) is 7.85. The standard InChI is InChI=1S/C18H18N4OS/c1-10-5-6-19-8-15(10)14-7-16(21-13(4)12(14)3)17(23)22-18-20-11(2)9-24-18/h5-9H,1-4H3,(H,20,22,23). The number of nitrogens with zero attached hydrogens (tertiary/aromatic N) is 3. The zero-order valence-electron chi connectivity index (χ0n) is 14.0. The van der Waals surface area contributed by atoms with Gasteiger partial charge in [0.05, 0.1) is 5.69 Å². The van der Waals surface area contributed by atoms with E-state index >= 15 is 0 Å². The Balaban J connectivity index is 2.01. The van der Waals surface area contributed by atoms with Gasteiger partial charge in [0, 0.05) is 29.0 Å². The van der Waals surface area contributed by atoms with Gasteiger partial charge in [-0.05, 0) is 56.5 Å². The molecule has 122 valence electrons. The average molecular weight is 338 g/mol. The van der Waals surface area contributed by atoms with E-state index in [1.54, 1.807) is 6.20 Å². The number of nitrogens with one attached hydrogen (secondary N) is 1. The molecule has 24 heavy (non-hydrogen) atoms. The van der Waals surface area contributed by atoms with Crippen LogP contribution >= 0.6 is 11.3 Å². The topological polar surface area (TPSA) is 67.8 Å². The molecule has 0 spiro atoms. The fourth-order valence-electron chi connectivity index (χ4n) is 2.45. The van der Waals surface area contributed by atoms with Crippen molar-refractivity contribution >= 4 is 22.4 Å². The van der Waals surface area contributed by atoms with Crippen molar-refractivity contribution in [1.29, 1.82) is 0 Å². The summed E-state index contributed by atoms with van der Waals surface area (Å²) in [5.74, 6) is -0.254. The molecule has 0 unspecified atom stereocenters. The van der Waals surface area contributed by atoms with Crippen LogP contribution in [0.3, 0.4) is 0 Å². The molecule has 1 N–H and O–H groups in total. The van der Waals surface area contributed by atoms with Crippen LogP contribution in [0.5, 0.6) is 0 Å². The number of amides is 1. The summed E-state index contributed by atoms with van der Waals surface area (Å²) in [7, 11) is 0. The first kappa shape index (κ1) is 16.3. The summed E-state index contributed by atoms with van der Waals surface area (Å²) in [6.07, 6.45) is 3.59. The third-order valence-corrected chi connectivity index (χ3v) is 4.79. The van der Waals surface area contributed by atoms with Gasteiger partial charge < -0.3 is 0 Å². The van der Waals surface area contributed by atoms with Crippen LogP contribution < -0.4 is 5.32 Å². The van der Waals surface area contributed by atoms with Crippen molar-refractivity contribution in [2.45, 2.75) is 27.7 Å². The summed E-state index contributed by atoms with van der Waals surface area (Å²) >= 11 is 1.40. The first-order valence-electron chi connectivity index (χ1n) is 7.58. The first-order valence-corrected chi connectivity index (χ1v) is 8.46. The lowest BCUT2D eigenvalue weighted by molar-refractivity contribution is 0.102. The molecule has 3 heterocycles. The SMILES string of the molecule is Cc1csc(NC(=O)c2cc(-c3cnccc3C)c(C)c(C)n2)n1. The number of hydrogen-bond donors (Lipinski definition) is 1. The summed E-state index contributed by atoms with van der Waals surface area (Å²) in [6, 6.07) is 3.78. The van der Waals surface area contributed by atoms with Gasteiger partial charge in [-0.25, -0.2) is 9.97 Å². The zero-order valence-corrected chi connectivity index (χ0v) is 14.9. The van der Waals surface area contributed by atoms with Crippen LogP contribution in [-0.4, -0.2) is 20.9 Å². The van der Waals surface area contributed by atoms with Crippen LogP contribution in [0, 0.1) is 27.7 Å². The highest BCUT2D eigenvalue weighted by Crippen LogP contribution is 2.28. The molecular weight excluding hydrogens is 320 g/mol. The number of pyridine rings is 2. The molecule has 0 saturated carbocycles. The highest BCUT2D eigenvalue weighted by molar-refractivity contribution is 7.13. The van der Waals surface area contributed by atoms with E-state index in [0.29, 0.717) is 10.8 Å². The maximum Gasteiger partial charge on any atom is 0.276 e. The smallest absolute Gasteiger partial charge is 0.276 e. The molecule has 0 aliphatic rings. The van der Waals surface area contributed by atoms with E-state index in [2.05, 4.69) is 20.3 Å². The van der Waals surface area contributed by atoms with Gasteiger partial charge in [-0.15, -0.1) is 11.3 Å². The first-order chi connectivity index (χ1) is 11.5. The van der Waals surface area contributed by atoms with Gasteiger partial charge in [-0.1, -0.05) is 0 Å². The Morgan fingerprint density at radius 1 is 1.12 bits per heavy atom. The molecule has 0 aromatic carbocycles. The molecule has 0 fully saturated rings. The van der Waals surface area contributed by atoms with Crippen LogP contribution in [0.1, 0.15) is 33.0 Å². The second-order valence-corrected chi connectivity index (χ2v) is 6.56. The van der Waals surface area contributed by atoms with E-state index in [1.807, 2.05) is 51.4 Å². The summed E-state index contributed by atoms with van der Waals surface area (Å²) in [5, 5.41) is 5.29. The molecule has 1 amide bonds. The van der Waals surface area contributed by atoms with Crippen molar-refractivity contribution in [3.8, 4) is 11.1 Å². The Hall–Kier alpha value is -2.60. The van der Waals surface area contributed by atoms with E-state index in [-0.39, 0.29) is 5.91 Å². The van der Waals surface area contributed by atoms with Crippen molar-refractivity contribution < 1.29 is 4.79 Å². The van der Waals surface area contributed by atoms with Gasteiger partial charge in [0.15, 0.2) is 5.13 Å². The third kappa shape index (κ3) is 3.19. The van der Waals surface area contributed by atoms with Gasteiger partial charge >= 0.3 is 0 Å². The Morgan fingerprint density at radius 3 is 2.58 bits per heavy atom. The molecule has 3 rings (SSSR count). The lowest BCUT2D eigenvalue weighted by Crippen LogP contribution is -2.15. The van der Waals surface area contributed by atoms with Crippen LogP contribution in [0.15, 0.2) is 29.9 Å². The highest BCUT2D eigenvalue weighted by atomic mass is 32.1. The molecule has 3 aromatic rings. The van der Waals surface area contributed by atoms with Crippen molar-refractivity contribution in [2.24, 2.45) is 0 Å². The Labute approximate surface area is 144 Å². The molecule has 0 aliphatic heterocycles. The Morgan fingerprint density at radius 2 is 1.92 bits per heavy atom. The minimum Gasteiger partial charge on any atom is -0.296 e. The Bertz CT molecular complexity index is 917. The van der Waals surface area contributed by atoms with E-state index < -0.39 is 0 Å². The molecule has 0 atom stereocenters. The number of aryl methyl sites for hydroxylation is 3. The maximum atomic E-state index is 12.5. The molecule has 0 bridgehead atoms. The highest BCUT2D eigenvalue weighted by Gasteiger charge is 2.16. The number of anilines is 1. The zero-order chi connectivity index (χ0) is 17.3. The molecule has 0 saturated heterocycles. The van der Waals surface area contributed by atoms with Crippen LogP contribution in [0.25, 0.3) is 11.1 Å². The third-order valence-electron chi connectivity index (χ3n) is 3.92. The molecular formula is C18H18N4OS. The monoisotopic (exact) mass is 338 g/mol. The fraction of sp³-hybridized carbons (Fsp3) is 0.222. The van der Waals surface area contributed by atoms with Crippen molar-refractivity contribution in [3.05, 3.63) is 58.1 Å². The summed E-state index contributed by atoms with van der Waals surface area (Å²) < 4.78 is 0. The van der Waals surface area contributed by atoms with Crippen LogP contribution in [0.2, 0.25) is 0 Å². The predicted octanol–water partition coefficient (Wildman–Crippen LogP) is 4.09. The number of carbonyl (C=O) groups is 1. The van der Waals surface area contributed by atoms with Gasteiger partial charge in [0.1, 0.15) is 5.69 Å². The summed E-state index contributed by atoms with van der Waals surface area (Å²) in [4.78, 5) is 25.4. The minimum absolute atomic E-state index is 0.254. The number of aromatic nitrogens is 3. The van der Waals surface area contributed by atoms with Gasteiger partial charge in [0.2, 0.25) is 0 Å². The number of carbonyl (C=O) groups excluding carboxylic acids is 1. The fourth-order valence-corrected chi connectivity index (χ4v) is 3.13. The largest absolute Gasteiger partial charge is 0.296 e. The lowest BCUT2D eigenvalue weighted by Gasteiger charge is -2.13. The van der Waals surface area contributed by atoms with Gasteiger partial charge in [-0.3, -0.25) is 15.1 Å². The van der Waals surface area contributed by atoms with E-state index in [1.165, 1.54) is 11.3 Å². The second kappa shape index (κ2) is 6.49. The quantitative estimate of drug-likeness (QED) is 0.781. The van der Waals surface area contributed by atoms with E-state index in [0.717, 1.165) is 33.6 Å². The number of rotatable bonds is 3. The second-order valence-electron chi connectivity index (χ2n) is 5.70. The average Bonchev–Trinajstić information content (AvgIpc) is 2.95. The van der Waals surface area contributed by atoms with E-state index in [9.17, 15) is 4.79 Å². The van der Waals surface area contributed by atoms with Crippen LogP contribution in [0.4, 0.5) is 5.13 Å². The number of thiazole rings is 1. The van der Waals surface area contributed by atoms with Gasteiger partial charge in [0.25, 0.3) is 5.91 Å². The molecule has 6 heteroatoms. The van der Waals surface area contributed by atoms with Gasteiger partial charge in [-0.2, -0.15) is 0 Å². The maximum absolute atomic E-state index is 12.5. The number of hydrogen-bond acceptors (Lipinski definition) is 5. The Kier molecular flexibility index (Phi) is 4.40. The predicted molar refractivity (Wildman–Crippen MR) is 96.5 cm³/mol. The molecule has 0 radical (unpaired) electrons. The lowest BCUT2D eigenvalue weighted by atomic mass is 9.97. The van der Waals surface area contributed by atoms with Crippen LogP contribution in [-0.2, 0) is 0 Å². The molecule has 5 nitrogen and oxygen atoms in total. The van der Waals surface area contributed by atoms with Crippen molar-refractivity contribution in [2.75, 3.05) is 5.32 Å². The van der Waals surface area contributed by atoms with E-state index in [4.69, 9.17) is 0 Å².